The van der Waals surface area contributed by atoms with Crippen LogP contribution in [-0.2, 0) is 9.59 Å². The van der Waals surface area contributed by atoms with Gasteiger partial charge in [-0.3, -0.25) is 10.1 Å². The van der Waals surface area contributed by atoms with Crippen LogP contribution in [0, 0.1) is 0 Å². The summed E-state index contributed by atoms with van der Waals surface area (Å²) in [7, 11) is 0. The van der Waals surface area contributed by atoms with Crippen molar-refractivity contribution < 1.29 is 19.5 Å². The highest BCUT2D eigenvalue weighted by Crippen LogP contribution is 2.04. The second-order valence-electron chi connectivity index (χ2n) is 4.30. The van der Waals surface area contributed by atoms with Crippen molar-refractivity contribution >= 4 is 17.9 Å². The number of urea groups is 1. The fraction of sp³-hybridized carbons (Fsp3) is 0.615. The van der Waals surface area contributed by atoms with Crippen LogP contribution in [0.2, 0.25) is 0 Å². The molecule has 6 heteroatoms. The number of hydrogen-bond acceptors (Lipinski definition) is 3. The van der Waals surface area contributed by atoms with Gasteiger partial charge in [-0.2, -0.15) is 0 Å². The van der Waals surface area contributed by atoms with Gasteiger partial charge in [0.15, 0.2) is 0 Å². The summed E-state index contributed by atoms with van der Waals surface area (Å²) < 4.78 is 0. The largest absolute Gasteiger partial charge is 0.478 e. The van der Waals surface area contributed by atoms with Crippen molar-refractivity contribution in [1.29, 1.82) is 0 Å². The first-order valence-electron chi connectivity index (χ1n) is 6.36. The van der Waals surface area contributed by atoms with Crippen molar-refractivity contribution in [2.24, 2.45) is 0 Å². The summed E-state index contributed by atoms with van der Waals surface area (Å²) in [5.74, 6) is -1.83. The van der Waals surface area contributed by atoms with Crippen LogP contribution in [-0.4, -0.2) is 41.0 Å². The molecule has 2 N–H and O–H groups in total. The number of carboxylic acid groups (broad SMARTS) is 1. The number of carbonyl (C=O) groups is 3. The standard InChI is InChI=1S/C13H22N2O4/c1-5-7-15(8-6-2)13(19)14-11(16)9(3)10(4)12(17)18/h5-8H2,1-4H3,(H,17,18)(H,14,16,19). The zero-order valence-corrected chi connectivity index (χ0v) is 11.9. The second-order valence-corrected chi connectivity index (χ2v) is 4.30. The molecule has 0 aromatic carbocycles. The van der Waals surface area contributed by atoms with Gasteiger partial charge in [0, 0.05) is 24.2 Å². The third-order valence-electron chi connectivity index (χ3n) is 2.72. The predicted molar refractivity (Wildman–Crippen MR) is 71.7 cm³/mol. The Hall–Kier alpha value is -1.85. The van der Waals surface area contributed by atoms with E-state index in [1.165, 1.54) is 13.8 Å². The summed E-state index contributed by atoms with van der Waals surface area (Å²) in [5, 5.41) is 11.0. The van der Waals surface area contributed by atoms with Crippen molar-refractivity contribution in [3.8, 4) is 0 Å². The van der Waals surface area contributed by atoms with Crippen molar-refractivity contribution in [2.45, 2.75) is 40.5 Å². The van der Waals surface area contributed by atoms with Crippen molar-refractivity contribution in [2.75, 3.05) is 13.1 Å². The van der Waals surface area contributed by atoms with Crippen LogP contribution < -0.4 is 5.32 Å². The number of carbonyl (C=O) groups excluding carboxylic acids is 2. The van der Waals surface area contributed by atoms with E-state index in [9.17, 15) is 14.4 Å². The molecule has 0 unspecified atom stereocenters. The summed E-state index contributed by atoms with van der Waals surface area (Å²) in [6.07, 6.45) is 1.59. The molecule has 6 nitrogen and oxygen atoms in total. The molecule has 0 saturated heterocycles. The van der Waals surface area contributed by atoms with Gasteiger partial charge in [0.1, 0.15) is 0 Å². The summed E-state index contributed by atoms with van der Waals surface area (Å²) >= 11 is 0. The Labute approximate surface area is 113 Å². The van der Waals surface area contributed by atoms with E-state index in [2.05, 4.69) is 5.32 Å². The third kappa shape index (κ3) is 5.54. The number of aliphatic carboxylic acids is 1. The van der Waals surface area contributed by atoms with Gasteiger partial charge in [0.25, 0.3) is 5.91 Å². The van der Waals surface area contributed by atoms with Crippen LogP contribution in [0.1, 0.15) is 40.5 Å². The molecule has 0 spiro atoms. The number of amides is 3. The minimum absolute atomic E-state index is 0.0359. The summed E-state index contributed by atoms with van der Waals surface area (Å²) in [5.41, 5.74) is -0.0309. The minimum atomic E-state index is -1.17. The van der Waals surface area contributed by atoms with Gasteiger partial charge in [0.05, 0.1) is 0 Å². The Morgan fingerprint density at radius 3 is 1.84 bits per heavy atom. The SMILES string of the molecule is CCCN(CCC)C(=O)NC(=O)C(C)=C(C)C(=O)O. The molecular weight excluding hydrogens is 248 g/mol. The predicted octanol–water partition coefficient (Wildman–Crippen LogP) is 1.77. The molecule has 0 aliphatic carbocycles. The molecule has 108 valence electrons. The molecule has 0 heterocycles. The van der Waals surface area contributed by atoms with E-state index in [4.69, 9.17) is 5.11 Å². The normalized spacial score (nSPS) is 11.6. The van der Waals surface area contributed by atoms with Crippen LogP contribution in [0.4, 0.5) is 4.79 Å². The summed E-state index contributed by atoms with van der Waals surface area (Å²) in [4.78, 5) is 35.9. The van der Waals surface area contributed by atoms with Gasteiger partial charge in [-0.25, -0.2) is 9.59 Å². The van der Waals surface area contributed by atoms with Crippen LogP contribution in [0.3, 0.4) is 0 Å². The Morgan fingerprint density at radius 2 is 1.47 bits per heavy atom. The highest BCUT2D eigenvalue weighted by molar-refractivity contribution is 6.07. The molecule has 0 aliphatic rings. The molecular formula is C13H22N2O4. The fourth-order valence-electron chi connectivity index (χ4n) is 1.46. The smallest absolute Gasteiger partial charge is 0.331 e. The highest BCUT2D eigenvalue weighted by Gasteiger charge is 2.18. The number of nitrogens with zero attached hydrogens (tertiary/aromatic N) is 1. The maximum absolute atomic E-state index is 11.9. The quantitative estimate of drug-likeness (QED) is 0.720. The molecule has 3 amide bonds. The van der Waals surface area contributed by atoms with Crippen molar-refractivity contribution in [1.82, 2.24) is 10.2 Å². The lowest BCUT2D eigenvalue weighted by Crippen LogP contribution is -2.44. The van der Waals surface area contributed by atoms with Crippen LogP contribution in [0.5, 0.6) is 0 Å². The maximum Gasteiger partial charge on any atom is 0.331 e. The van der Waals surface area contributed by atoms with Crippen LogP contribution in [0.25, 0.3) is 0 Å². The first-order valence-corrected chi connectivity index (χ1v) is 6.36. The van der Waals surface area contributed by atoms with Gasteiger partial charge in [-0.1, -0.05) is 13.8 Å². The second kappa shape index (κ2) is 8.29. The number of hydrogen-bond donors (Lipinski definition) is 2. The molecule has 0 saturated carbocycles. The van der Waals surface area contributed by atoms with Crippen LogP contribution >= 0.6 is 0 Å². The molecule has 0 rings (SSSR count). The van der Waals surface area contributed by atoms with E-state index >= 15 is 0 Å². The molecule has 19 heavy (non-hydrogen) atoms. The van der Waals surface area contributed by atoms with Crippen molar-refractivity contribution in [3.05, 3.63) is 11.1 Å². The first kappa shape index (κ1) is 17.2. The first-order chi connectivity index (χ1) is 8.84. The van der Waals surface area contributed by atoms with E-state index < -0.39 is 17.9 Å². The molecule has 0 atom stereocenters. The maximum atomic E-state index is 11.9. The Morgan fingerprint density at radius 1 is 1.00 bits per heavy atom. The Balaban J connectivity index is 4.75. The Bertz CT molecular complexity index is 382. The van der Waals surface area contributed by atoms with E-state index in [0.717, 1.165) is 12.8 Å². The van der Waals surface area contributed by atoms with Gasteiger partial charge in [0.2, 0.25) is 0 Å². The van der Waals surface area contributed by atoms with Gasteiger partial charge < -0.3 is 10.0 Å². The monoisotopic (exact) mass is 270 g/mol. The lowest BCUT2D eigenvalue weighted by Gasteiger charge is -2.21. The zero-order chi connectivity index (χ0) is 15.0. The molecule has 0 radical (unpaired) electrons. The molecule has 0 aliphatic heterocycles. The number of rotatable bonds is 6. The van der Waals surface area contributed by atoms with Crippen LogP contribution in [0.15, 0.2) is 11.1 Å². The number of imide groups is 1. The lowest BCUT2D eigenvalue weighted by atomic mass is 10.1. The highest BCUT2D eigenvalue weighted by atomic mass is 16.4. The summed E-state index contributed by atoms with van der Waals surface area (Å²) in [6.45, 7) is 7.73. The fourth-order valence-corrected chi connectivity index (χ4v) is 1.46. The van der Waals surface area contributed by atoms with Gasteiger partial charge >= 0.3 is 12.0 Å². The topological polar surface area (TPSA) is 86.7 Å². The molecule has 0 aromatic rings. The van der Waals surface area contributed by atoms with E-state index in [-0.39, 0.29) is 11.1 Å². The minimum Gasteiger partial charge on any atom is -0.478 e. The van der Waals surface area contributed by atoms with Gasteiger partial charge in [-0.05, 0) is 26.7 Å². The lowest BCUT2D eigenvalue weighted by molar-refractivity contribution is -0.133. The zero-order valence-electron chi connectivity index (χ0n) is 11.9. The molecule has 0 aromatic heterocycles. The average molecular weight is 270 g/mol. The van der Waals surface area contributed by atoms with Crippen molar-refractivity contribution in [3.63, 3.8) is 0 Å². The average Bonchev–Trinajstić information content (AvgIpc) is 2.36. The van der Waals surface area contributed by atoms with E-state index in [0.29, 0.717) is 13.1 Å². The van der Waals surface area contributed by atoms with E-state index in [1.54, 1.807) is 4.90 Å². The molecule has 0 bridgehead atoms. The van der Waals surface area contributed by atoms with E-state index in [1.807, 2.05) is 13.8 Å². The number of nitrogens with one attached hydrogen (secondary N) is 1. The third-order valence-corrected chi connectivity index (χ3v) is 2.72. The molecule has 0 fully saturated rings. The van der Waals surface area contributed by atoms with Gasteiger partial charge in [-0.15, -0.1) is 0 Å². The Kier molecular flexibility index (Phi) is 7.48. The summed E-state index contributed by atoms with van der Waals surface area (Å²) in [6, 6.07) is -0.480. The number of carboxylic acids is 1.